The lowest BCUT2D eigenvalue weighted by molar-refractivity contribution is 0.00992. The third-order valence-electron chi connectivity index (χ3n) is 4.71. The van der Waals surface area contributed by atoms with Crippen LogP contribution in [0.3, 0.4) is 0 Å². The van der Waals surface area contributed by atoms with Gasteiger partial charge in [-0.1, -0.05) is 12.1 Å². The van der Waals surface area contributed by atoms with Gasteiger partial charge in [0.15, 0.2) is 5.96 Å². The number of rotatable bonds is 10. The van der Waals surface area contributed by atoms with Crippen LogP contribution in [0.25, 0.3) is 0 Å². The fourth-order valence-electron chi connectivity index (χ4n) is 3.30. The molecule has 0 saturated carbocycles. The van der Waals surface area contributed by atoms with Crippen LogP contribution >= 0.6 is 24.0 Å². The first kappa shape index (κ1) is 25.0. The second kappa shape index (κ2) is 14.9. The first-order valence-electron chi connectivity index (χ1n) is 10.0. The molecule has 160 valence electrons. The van der Waals surface area contributed by atoms with E-state index in [9.17, 15) is 0 Å². The zero-order valence-corrected chi connectivity index (χ0v) is 19.8. The molecule has 0 bridgehead atoms. The van der Waals surface area contributed by atoms with Gasteiger partial charge in [0.1, 0.15) is 5.75 Å². The van der Waals surface area contributed by atoms with E-state index in [2.05, 4.69) is 27.3 Å². The van der Waals surface area contributed by atoms with E-state index in [0.29, 0.717) is 12.7 Å². The Kier molecular flexibility index (Phi) is 13.3. The van der Waals surface area contributed by atoms with Crippen LogP contribution in [0.5, 0.6) is 5.75 Å². The van der Waals surface area contributed by atoms with E-state index in [1.807, 2.05) is 26.1 Å². The highest BCUT2D eigenvalue weighted by Crippen LogP contribution is 2.15. The molecule has 1 heterocycles. The molecule has 0 amide bonds. The largest absolute Gasteiger partial charge is 0.494 e. The van der Waals surface area contributed by atoms with Gasteiger partial charge in [0.25, 0.3) is 0 Å². The highest BCUT2D eigenvalue weighted by molar-refractivity contribution is 14.0. The fourth-order valence-corrected chi connectivity index (χ4v) is 3.30. The number of piperidine rings is 1. The van der Waals surface area contributed by atoms with Crippen LogP contribution < -0.4 is 10.1 Å². The van der Waals surface area contributed by atoms with Crippen molar-refractivity contribution in [3.63, 3.8) is 0 Å². The lowest BCUT2D eigenvalue weighted by Gasteiger charge is -2.34. The summed E-state index contributed by atoms with van der Waals surface area (Å²) in [4.78, 5) is 6.78. The Labute approximate surface area is 187 Å². The van der Waals surface area contributed by atoms with Gasteiger partial charge < -0.3 is 24.4 Å². The number of benzene rings is 1. The Hall–Kier alpha value is -1.06. The molecule has 1 aromatic rings. The van der Waals surface area contributed by atoms with Crippen molar-refractivity contribution < 1.29 is 14.2 Å². The maximum atomic E-state index is 5.94. The molecule has 28 heavy (non-hydrogen) atoms. The third-order valence-corrected chi connectivity index (χ3v) is 4.71. The van der Waals surface area contributed by atoms with Gasteiger partial charge in [0.2, 0.25) is 0 Å². The number of nitrogens with zero attached hydrogens (tertiary/aromatic N) is 2. The first-order valence-corrected chi connectivity index (χ1v) is 10.0. The molecule has 0 aromatic heterocycles. The number of methoxy groups -OCH3 is 1. The van der Waals surface area contributed by atoms with Gasteiger partial charge >= 0.3 is 0 Å². The van der Waals surface area contributed by atoms with Gasteiger partial charge in [0.05, 0.1) is 12.7 Å². The van der Waals surface area contributed by atoms with Crippen molar-refractivity contribution in [1.29, 1.82) is 0 Å². The quantitative estimate of drug-likeness (QED) is 0.229. The highest BCUT2D eigenvalue weighted by atomic mass is 127. The van der Waals surface area contributed by atoms with Crippen molar-refractivity contribution in [2.45, 2.75) is 38.7 Å². The van der Waals surface area contributed by atoms with Gasteiger partial charge in [-0.25, -0.2) is 0 Å². The van der Waals surface area contributed by atoms with E-state index >= 15 is 0 Å². The molecular formula is C21H36IN3O3. The summed E-state index contributed by atoms with van der Waals surface area (Å²) in [6.45, 7) is 7.07. The molecule has 1 aliphatic heterocycles. The smallest absolute Gasteiger partial charge is 0.193 e. The fraction of sp³-hybridized carbons (Fsp3) is 0.667. The first-order chi connectivity index (χ1) is 13.3. The van der Waals surface area contributed by atoms with Crippen molar-refractivity contribution in [3.8, 4) is 5.75 Å². The van der Waals surface area contributed by atoms with E-state index in [4.69, 9.17) is 14.2 Å². The molecule has 0 spiro atoms. The predicted octanol–water partition coefficient (Wildman–Crippen LogP) is 3.34. The van der Waals surface area contributed by atoms with Crippen LogP contribution in [0.15, 0.2) is 29.3 Å². The molecular weight excluding hydrogens is 469 g/mol. The summed E-state index contributed by atoms with van der Waals surface area (Å²) in [5, 5.41) is 3.49. The molecule has 0 atom stereocenters. The van der Waals surface area contributed by atoms with E-state index in [0.717, 1.165) is 70.2 Å². The zero-order chi connectivity index (χ0) is 19.3. The van der Waals surface area contributed by atoms with E-state index < -0.39 is 0 Å². The summed E-state index contributed by atoms with van der Waals surface area (Å²) in [5.41, 5.74) is 1.27. The van der Waals surface area contributed by atoms with Crippen molar-refractivity contribution in [2.75, 3.05) is 53.6 Å². The third kappa shape index (κ3) is 8.96. The molecule has 1 aliphatic rings. The molecule has 1 N–H and O–H groups in total. The Balaban J connectivity index is 0.00000392. The van der Waals surface area contributed by atoms with Crippen LogP contribution in [0.1, 0.15) is 31.7 Å². The molecule has 1 fully saturated rings. The summed E-state index contributed by atoms with van der Waals surface area (Å²) in [6.07, 6.45) is 4.36. The molecule has 1 aromatic carbocycles. The maximum absolute atomic E-state index is 5.94. The number of nitrogens with one attached hydrogen (secondary N) is 1. The minimum absolute atomic E-state index is 0. The van der Waals surface area contributed by atoms with Gasteiger partial charge in [0, 0.05) is 47.0 Å². The van der Waals surface area contributed by atoms with E-state index in [1.54, 1.807) is 7.11 Å². The Morgan fingerprint density at radius 2 is 2.04 bits per heavy atom. The summed E-state index contributed by atoms with van der Waals surface area (Å²) in [6, 6.07) is 8.30. The number of hydrogen-bond donors (Lipinski definition) is 1. The van der Waals surface area contributed by atoms with Gasteiger partial charge in [-0.05, 0) is 50.3 Å². The molecule has 0 aliphatic carbocycles. The summed E-state index contributed by atoms with van der Waals surface area (Å²) in [7, 11) is 3.58. The number of aliphatic imine (C=N–C) groups is 1. The summed E-state index contributed by atoms with van der Waals surface area (Å²) in [5.74, 6) is 1.92. The van der Waals surface area contributed by atoms with Crippen LogP contribution in [-0.2, 0) is 15.9 Å². The van der Waals surface area contributed by atoms with E-state index in [-0.39, 0.29) is 24.0 Å². The van der Waals surface area contributed by atoms with Crippen molar-refractivity contribution in [2.24, 2.45) is 4.99 Å². The van der Waals surface area contributed by atoms with Gasteiger partial charge in [-0.3, -0.25) is 4.99 Å². The Morgan fingerprint density at radius 1 is 1.25 bits per heavy atom. The van der Waals surface area contributed by atoms with Crippen molar-refractivity contribution in [3.05, 3.63) is 29.8 Å². The highest BCUT2D eigenvalue weighted by Gasteiger charge is 2.21. The van der Waals surface area contributed by atoms with Crippen LogP contribution in [0, 0.1) is 0 Å². The number of likely N-dealkylation sites (tertiary alicyclic amines) is 1. The number of halogens is 1. The second-order valence-corrected chi connectivity index (χ2v) is 6.71. The molecule has 0 radical (unpaired) electrons. The molecule has 6 nitrogen and oxygen atoms in total. The Morgan fingerprint density at radius 3 is 2.71 bits per heavy atom. The predicted molar refractivity (Wildman–Crippen MR) is 125 cm³/mol. The number of guanidine groups is 1. The van der Waals surface area contributed by atoms with Crippen LogP contribution in [0.4, 0.5) is 0 Å². The van der Waals surface area contributed by atoms with E-state index in [1.165, 1.54) is 5.56 Å². The molecule has 1 saturated heterocycles. The standard InChI is InChI=1S/C21H35N3O3.HI/c1-4-26-20-8-5-7-18(17-20)9-12-23-21(22-2)24-13-10-19(11-14-24)27-16-6-15-25-3;/h5,7-8,17,19H,4,6,9-16H2,1-3H3,(H,22,23);1H. The molecule has 2 rings (SSSR count). The lowest BCUT2D eigenvalue weighted by atomic mass is 10.1. The topological polar surface area (TPSA) is 55.3 Å². The van der Waals surface area contributed by atoms with Crippen LogP contribution in [-0.4, -0.2) is 70.6 Å². The van der Waals surface area contributed by atoms with Gasteiger partial charge in [-0.15, -0.1) is 24.0 Å². The molecule has 7 heteroatoms. The number of ether oxygens (including phenoxy) is 3. The monoisotopic (exact) mass is 505 g/mol. The Bertz CT molecular complexity index is 564. The zero-order valence-electron chi connectivity index (χ0n) is 17.5. The summed E-state index contributed by atoms with van der Waals surface area (Å²) >= 11 is 0. The second-order valence-electron chi connectivity index (χ2n) is 6.71. The van der Waals surface area contributed by atoms with Crippen molar-refractivity contribution in [1.82, 2.24) is 10.2 Å². The van der Waals surface area contributed by atoms with Gasteiger partial charge in [-0.2, -0.15) is 0 Å². The van der Waals surface area contributed by atoms with Crippen molar-refractivity contribution >= 4 is 29.9 Å². The minimum atomic E-state index is 0. The average Bonchev–Trinajstić information content (AvgIpc) is 2.70. The summed E-state index contributed by atoms with van der Waals surface area (Å²) < 4.78 is 16.6. The maximum Gasteiger partial charge on any atom is 0.193 e. The minimum Gasteiger partial charge on any atom is -0.494 e. The lowest BCUT2D eigenvalue weighted by Crippen LogP contribution is -2.47. The normalized spacial score (nSPS) is 15.2. The average molecular weight is 505 g/mol. The number of hydrogen-bond acceptors (Lipinski definition) is 4. The molecule has 0 unspecified atom stereocenters. The SMILES string of the molecule is CCOc1cccc(CCNC(=NC)N2CCC(OCCCOC)CC2)c1.I. The van der Waals surface area contributed by atoms with Crippen LogP contribution in [0.2, 0.25) is 0 Å².